The van der Waals surface area contributed by atoms with Gasteiger partial charge in [0.05, 0.1) is 6.61 Å². The van der Waals surface area contributed by atoms with Gasteiger partial charge in [-0.1, -0.05) is 13.0 Å². The molecule has 90 valence electrons. The molecule has 0 spiro atoms. The van der Waals surface area contributed by atoms with Gasteiger partial charge < -0.3 is 4.74 Å². The molecule has 0 aliphatic heterocycles. The summed E-state index contributed by atoms with van der Waals surface area (Å²) in [6.07, 6.45) is 2.41. The highest BCUT2D eigenvalue weighted by atomic mass is 32.2. The van der Waals surface area contributed by atoms with Crippen LogP contribution in [0.1, 0.15) is 30.9 Å². The average Bonchev–Trinajstić information content (AvgIpc) is 2.22. The summed E-state index contributed by atoms with van der Waals surface area (Å²) >= 11 is 2.00. The zero-order valence-electron chi connectivity index (χ0n) is 10.6. The van der Waals surface area contributed by atoms with Crippen molar-refractivity contribution in [2.24, 2.45) is 0 Å². The topological polar surface area (TPSA) is 9.23 Å². The van der Waals surface area contributed by atoms with E-state index in [1.54, 1.807) is 0 Å². The molecule has 0 fully saturated rings. The predicted octanol–water partition coefficient (Wildman–Crippen LogP) is 4.22. The number of hydrogen-bond donors (Lipinski definition) is 0. The van der Waals surface area contributed by atoms with Crippen molar-refractivity contribution < 1.29 is 4.74 Å². The molecular formula is C14H22OS. The molecule has 1 aromatic carbocycles. The number of unbranched alkanes of at least 4 members (excludes halogenated alkanes) is 1. The third-order valence-corrected chi connectivity index (χ3v) is 3.34. The van der Waals surface area contributed by atoms with E-state index in [4.69, 9.17) is 4.74 Å². The quantitative estimate of drug-likeness (QED) is 0.658. The van der Waals surface area contributed by atoms with Gasteiger partial charge in [-0.25, -0.2) is 0 Å². The molecule has 0 saturated heterocycles. The highest BCUT2D eigenvalue weighted by Gasteiger charge is 1.96. The van der Waals surface area contributed by atoms with E-state index in [0.29, 0.717) is 0 Å². The van der Waals surface area contributed by atoms with Crippen LogP contribution in [0.5, 0.6) is 5.75 Å². The molecule has 0 aliphatic carbocycles. The first-order valence-corrected chi connectivity index (χ1v) is 7.16. The van der Waals surface area contributed by atoms with Crippen LogP contribution in [0.25, 0.3) is 0 Å². The second-order valence-electron chi connectivity index (χ2n) is 4.08. The van der Waals surface area contributed by atoms with Gasteiger partial charge in [0.15, 0.2) is 0 Å². The first-order chi connectivity index (χ1) is 7.72. The van der Waals surface area contributed by atoms with Crippen LogP contribution < -0.4 is 4.74 Å². The monoisotopic (exact) mass is 238 g/mol. The van der Waals surface area contributed by atoms with Crippen LogP contribution in [-0.2, 0) is 0 Å². The largest absolute Gasteiger partial charge is 0.494 e. The summed E-state index contributed by atoms with van der Waals surface area (Å²) in [5.41, 5.74) is 2.55. The Morgan fingerprint density at radius 3 is 2.38 bits per heavy atom. The highest BCUT2D eigenvalue weighted by molar-refractivity contribution is 7.99. The summed E-state index contributed by atoms with van der Waals surface area (Å²) in [7, 11) is 0. The smallest absolute Gasteiger partial charge is 0.119 e. The van der Waals surface area contributed by atoms with Crippen molar-refractivity contribution in [1.29, 1.82) is 0 Å². The number of thioether (sulfide) groups is 1. The van der Waals surface area contributed by atoms with Gasteiger partial charge in [0.2, 0.25) is 0 Å². The number of hydrogen-bond acceptors (Lipinski definition) is 2. The van der Waals surface area contributed by atoms with Crippen LogP contribution in [0.15, 0.2) is 18.2 Å². The van der Waals surface area contributed by atoms with Crippen molar-refractivity contribution in [1.82, 2.24) is 0 Å². The molecule has 1 rings (SSSR count). The Kier molecular flexibility index (Phi) is 6.39. The van der Waals surface area contributed by atoms with Crippen LogP contribution in [0.4, 0.5) is 0 Å². The zero-order chi connectivity index (χ0) is 11.8. The Labute approximate surface area is 104 Å². The van der Waals surface area contributed by atoms with Crippen molar-refractivity contribution >= 4 is 11.8 Å². The number of rotatable bonds is 7. The van der Waals surface area contributed by atoms with E-state index >= 15 is 0 Å². The van der Waals surface area contributed by atoms with Gasteiger partial charge in [-0.15, -0.1) is 0 Å². The maximum atomic E-state index is 5.74. The van der Waals surface area contributed by atoms with Gasteiger partial charge in [-0.3, -0.25) is 0 Å². The molecule has 2 heteroatoms. The summed E-state index contributed by atoms with van der Waals surface area (Å²) in [6, 6.07) is 6.38. The average molecular weight is 238 g/mol. The van der Waals surface area contributed by atoms with E-state index < -0.39 is 0 Å². The van der Waals surface area contributed by atoms with E-state index in [2.05, 4.69) is 39.0 Å². The summed E-state index contributed by atoms with van der Waals surface area (Å²) < 4.78 is 5.74. The van der Waals surface area contributed by atoms with Gasteiger partial charge in [0, 0.05) is 0 Å². The SMILES string of the molecule is CCSCCCCOc1cc(C)cc(C)c1. The highest BCUT2D eigenvalue weighted by Crippen LogP contribution is 2.16. The first-order valence-electron chi connectivity index (χ1n) is 6.01. The van der Waals surface area contributed by atoms with Gasteiger partial charge in [0.25, 0.3) is 0 Å². The number of aryl methyl sites for hydroxylation is 2. The summed E-state index contributed by atoms with van der Waals surface area (Å²) in [5.74, 6) is 3.49. The normalized spacial score (nSPS) is 10.4. The first kappa shape index (κ1) is 13.4. The minimum atomic E-state index is 0.840. The Hall–Kier alpha value is -0.630. The molecule has 0 saturated carbocycles. The second kappa shape index (κ2) is 7.61. The fourth-order valence-corrected chi connectivity index (χ4v) is 2.35. The van der Waals surface area contributed by atoms with Gasteiger partial charge in [0.1, 0.15) is 5.75 Å². The van der Waals surface area contributed by atoms with Crippen molar-refractivity contribution in [3.8, 4) is 5.75 Å². The summed E-state index contributed by atoms with van der Waals surface area (Å²) in [5, 5.41) is 0. The predicted molar refractivity (Wildman–Crippen MR) is 73.6 cm³/mol. The maximum absolute atomic E-state index is 5.74. The van der Waals surface area contributed by atoms with Crippen LogP contribution in [0.2, 0.25) is 0 Å². The molecule has 0 heterocycles. The van der Waals surface area contributed by atoms with Crippen LogP contribution in [0, 0.1) is 13.8 Å². The lowest BCUT2D eigenvalue weighted by atomic mass is 10.1. The van der Waals surface area contributed by atoms with Gasteiger partial charge in [-0.05, 0) is 61.5 Å². The molecule has 1 nitrogen and oxygen atoms in total. The lowest BCUT2D eigenvalue weighted by Crippen LogP contribution is -1.98. The van der Waals surface area contributed by atoms with E-state index in [0.717, 1.165) is 18.8 Å². The zero-order valence-corrected chi connectivity index (χ0v) is 11.4. The summed E-state index contributed by atoms with van der Waals surface area (Å²) in [6.45, 7) is 7.26. The van der Waals surface area contributed by atoms with Crippen molar-refractivity contribution in [2.45, 2.75) is 33.6 Å². The van der Waals surface area contributed by atoms with Gasteiger partial charge >= 0.3 is 0 Å². The molecule has 0 bridgehead atoms. The van der Waals surface area contributed by atoms with Crippen LogP contribution >= 0.6 is 11.8 Å². The Morgan fingerprint density at radius 1 is 1.06 bits per heavy atom. The Balaban J connectivity index is 2.21. The molecule has 0 N–H and O–H groups in total. The Morgan fingerprint density at radius 2 is 1.75 bits per heavy atom. The maximum Gasteiger partial charge on any atom is 0.119 e. The fraction of sp³-hybridized carbons (Fsp3) is 0.571. The van der Waals surface area contributed by atoms with Crippen LogP contribution in [0.3, 0.4) is 0 Å². The number of benzene rings is 1. The molecule has 16 heavy (non-hydrogen) atoms. The minimum absolute atomic E-state index is 0.840. The molecule has 0 atom stereocenters. The van der Waals surface area contributed by atoms with E-state index in [1.165, 1.54) is 29.1 Å². The number of ether oxygens (including phenoxy) is 1. The van der Waals surface area contributed by atoms with Crippen molar-refractivity contribution in [2.75, 3.05) is 18.1 Å². The Bertz CT molecular complexity index is 289. The molecule has 0 amide bonds. The van der Waals surface area contributed by atoms with Crippen LogP contribution in [-0.4, -0.2) is 18.1 Å². The molecule has 1 aromatic rings. The lowest BCUT2D eigenvalue weighted by Gasteiger charge is -2.08. The van der Waals surface area contributed by atoms with Gasteiger partial charge in [-0.2, -0.15) is 11.8 Å². The molecular weight excluding hydrogens is 216 g/mol. The summed E-state index contributed by atoms with van der Waals surface area (Å²) in [4.78, 5) is 0. The third-order valence-electron chi connectivity index (χ3n) is 2.35. The molecule has 0 unspecified atom stereocenters. The lowest BCUT2D eigenvalue weighted by molar-refractivity contribution is 0.309. The van der Waals surface area contributed by atoms with E-state index in [9.17, 15) is 0 Å². The van der Waals surface area contributed by atoms with Crippen molar-refractivity contribution in [3.05, 3.63) is 29.3 Å². The molecule has 0 radical (unpaired) electrons. The van der Waals surface area contributed by atoms with E-state index in [-0.39, 0.29) is 0 Å². The standard InChI is InChI=1S/C14H22OS/c1-4-16-8-6-5-7-15-14-10-12(2)9-13(3)11-14/h9-11H,4-8H2,1-3H3. The third kappa shape index (κ3) is 5.45. The van der Waals surface area contributed by atoms with E-state index in [1.807, 2.05) is 11.8 Å². The van der Waals surface area contributed by atoms with Crippen molar-refractivity contribution in [3.63, 3.8) is 0 Å². The minimum Gasteiger partial charge on any atom is -0.494 e. The fourth-order valence-electron chi connectivity index (χ4n) is 1.66. The molecule has 0 aromatic heterocycles. The molecule has 0 aliphatic rings. The second-order valence-corrected chi connectivity index (χ2v) is 5.47.